The number of rotatable bonds is 9. The highest BCUT2D eigenvalue weighted by Crippen LogP contribution is 2.24. The zero-order valence-electron chi connectivity index (χ0n) is 19.2. The molecule has 1 N–H and O–H groups in total. The first-order valence-electron chi connectivity index (χ1n) is 10.8. The van der Waals surface area contributed by atoms with Gasteiger partial charge in [-0.1, -0.05) is 69.3 Å². The third-order valence-corrected chi connectivity index (χ3v) is 6.86. The molecule has 0 bridgehead atoms. The lowest BCUT2D eigenvalue weighted by atomic mass is 9.87. The number of nitrogens with zero attached hydrogens (tertiary/aromatic N) is 1. The molecule has 0 aliphatic heterocycles. The number of para-hydroxylation sites is 1. The van der Waals surface area contributed by atoms with Crippen LogP contribution in [0.15, 0.2) is 89.8 Å². The Balaban J connectivity index is 1.60. The van der Waals surface area contributed by atoms with Gasteiger partial charge in [0, 0.05) is 0 Å². The minimum Gasteiger partial charge on any atom is -0.492 e. The number of hydrogen-bond acceptors (Lipinski definition) is 4. The Hall–Kier alpha value is -3.32. The maximum atomic E-state index is 13.2. The average Bonchev–Trinajstić information content (AvgIpc) is 2.81. The lowest BCUT2D eigenvalue weighted by Gasteiger charge is -2.24. The Labute approximate surface area is 196 Å². The molecule has 0 heterocycles. The van der Waals surface area contributed by atoms with Crippen molar-refractivity contribution in [3.8, 4) is 5.75 Å². The van der Waals surface area contributed by atoms with E-state index in [0.29, 0.717) is 5.69 Å². The summed E-state index contributed by atoms with van der Waals surface area (Å²) in [4.78, 5) is 12.7. The zero-order valence-corrected chi connectivity index (χ0v) is 20.0. The minimum atomic E-state index is -3.90. The molecule has 3 aromatic rings. The van der Waals surface area contributed by atoms with Crippen LogP contribution in [0.2, 0.25) is 0 Å². The number of carbonyl (C=O) groups is 1. The molecule has 0 radical (unpaired) electrons. The average molecular weight is 467 g/mol. The van der Waals surface area contributed by atoms with Gasteiger partial charge in [0.25, 0.3) is 10.0 Å². The van der Waals surface area contributed by atoms with Gasteiger partial charge in [0.15, 0.2) is 0 Å². The molecule has 0 aliphatic carbocycles. The van der Waals surface area contributed by atoms with Crippen LogP contribution in [-0.4, -0.2) is 34.0 Å². The third-order valence-electron chi connectivity index (χ3n) is 5.08. The van der Waals surface area contributed by atoms with Crippen molar-refractivity contribution in [1.82, 2.24) is 5.32 Å². The topological polar surface area (TPSA) is 75.7 Å². The van der Waals surface area contributed by atoms with Crippen molar-refractivity contribution in [2.45, 2.75) is 31.1 Å². The zero-order chi connectivity index (χ0) is 23.9. The second-order valence-electron chi connectivity index (χ2n) is 8.63. The van der Waals surface area contributed by atoms with Crippen LogP contribution in [0.5, 0.6) is 5.75 Å². The molecule has 0 unspecified atom stereocenters. The molecule has 0 saturated heterocycles. The lowest BCUT2D eigenvalue weighted by molar-refractivity contribution is -0.119. The predicted octanol–water partition coefficient (Wildman–Crippen LogP) is 4.37. The molecule has 0 aliphatic rings. The van der Waals surface area contributed by atoms with Crippen LogP contribution in [0.4, 0.5) is 5.69 Å². The number of carbonyl (C=O) groups excluding carboxylic acids is 1. The van der Waals surface area contributed by atoms with E-state index < -0.39 is 15.9 Å². The van der Waals surface area contributed by atoms with E-state index in [9.17, 15) is 13.2 Å². The van der Waals surface area contributed by atoms with Gasteiger partial charge in [-0.05, 0) is 47.4 Å². The van der Waals surface area contributed by atoms with E-state index >= 15 is 0 Å². The van der Waals surface area contributed by atoms with E-state index in [-0.39, 0.29) is 30.0 Å². The minimum absolute atomic E-state index is 0.0667. The number of anilines is 1. The van der Waals surface area contributed by atoms with Crippen molar-refractivity contribution in [3.05, 3.63) is 90.5 Å². The number of sulfonamides is 1. The van der Waals surface area contributed by atoms with Gasteiger partial charge in [-0.3, -0.25) is 9.10 Å². The smallest absolute Gasteiger partial charge is 0.264 e. The van der Waals surface area contributed by atoms with Crippen LogP contribution in [-0.2, 0) is 20.2 Å². The molecule has 3 aromatic carbocycles. The van der Waals surface area contributed by atoms with Crippen molar-refractivity contribution in [3.63, 3.8) is 0 Å². The summed E-state index contributed by atoms with van der Waals surface area (Å²) < 4.78 is 33.2. The molecule has 3 rings (SSSR count). The van der Waals surface area contributed by atoms with Crippen LogP contribution >= 0.6 is 0 Å². The first-order valence-corrected chi connectivity index (χ1v) is 12.2. The second-order valence-corrected chi connectivity index (χ2v) is 10.5. The summed E-state index contributed by atoms with van der Waals surface area (Å²) in [6, 6.07) is 24.6. The van der Waals surface area contributed by atoms with E-state index in [4.69, 9.17) is 4.74 Å². The van der Waals surface area contributed by atoms with Gasteiger partial charge in [0.05, 0.1) is 17.1 Å². The fourth-order valence-electron chi connectivity index (χ4n) is 3.23. The van der Waals surface area contributed by atoms with E-state index in [1.54, 1.807) is 48.5 Å². The first kappa shape index (κ1) is 24.3. The molecule has 174 valence electrons. The van der Waals surface area contributed by atoms with Crippen molar-refractivity contribution in [2.24, 2.45) is 0 Å². The van der Waals surface area contributed by atoms with Gasteiger partial charge in [0.1, 0.15) is 18.9 Å². The standard InChI is InChI=1S/C26H30N2O4S/c1-26(2,3)21-14-16-23(17-15-21)32-19-18-27-25(29)20-28(22-10-6-4-7-11-22)33(30,31)24-12-8-5-9-13-24/h4-17H,18-20H2,1-3H3,(H,27,29). The molecule has 0 saturated carbocycles. The van der Waals surface area contributed by atoms with Crippen molar-refractivity contribution in [1.29, 1.82) is 0 Å². The molecular formula is C26H30N2O4S. The second kappa shape index (κ2) is 10.5. The van der Waals surface area contributed by atoms with Gasteiger partial charge < -0.3 is 10.1 Å². The molecule has 0 aromatic heterocycles. The highest BCUT2D eigenvalue weighted by molar-refractivity contribution is 7.92. The SMILES string of the molecule is CC(C)(C)c1ccc(OCCNC(=O)CN(c2ccccc2)S(=O)(=O)c2ccccc2)cc1. The molecular weight excluding hydrogens is 436 g/mol. The highest BCUT2D eigenvalue weighted by atomic mass is 32.2. The number of hydrogen-bond donors (Lipinski definition) is 1. The number of nitrogens with one attached hydrogen (secondary N) is 1. The molecule has 0 atom stereocenters. The number of amides is 1. The van der Waals surface area contributed by atoms with Gasteiger partial charge >= 0.3 is 0 Å². The van der Waals surface area contributed by atoms with Crippen LogP contribution in [0, 0.1) is 0 Å². The van der Waals surface area contributed by atoms with Gasteiger partial charge in [-0.2, -0.15) is 0 Å². The summed E-state index contributed by atoms with van der Waals surface area (Å²) in [5, 5.41) is 2.74. The summed E-state index contributed by atoms with van der Waals surface area (Å²) in [7, 11) is -3.90. The van der Waals surface area contributed by atoms with Gasteiger partial charge in [-0.25, -0.2) is 8.42 Å². The molecule has 1 amide bonds. The predicted molar refractivity (Wildman–Crippen MR) is 131 cm³/mol. The third kappa shape index (κ3) is 6.58. The van der Waals surface area contributed by atoms with E-state index in [1.165, 1.54) is 17.7 Å². The fraction of sp³-hybridized carbons (Fsp3) is 0.269. The van der Waals surface area contributed by atoms with E-state index in [0.717, 1.165) is 10.1 Å². The molecule has 33 heavy (non-hydrogen) atoms. The van der Waals surface area contributed by atoms with Crippen molar-refractivity contribution in [2.75, 3.05) is 24.0 Å². The molecule has 7 heteroatoms. The monoisotopic (exact) mass is 466 g/mol. The van der Waals surface area contributed by atoms with Gasteiger partial charge in [-0.15, -0.1) is 0 Å². The Bertz CT molecular complexity index is 1140. The normalized spacial score (nSPS) is 11.6. The van der Waals surface area contributed by atoms with Crippen LogP contribution in [0.1, 0.15) is 26.3 Å². The number of benzene rings is 3. The summed E-state index contributed by atoms with van der Waals surface area (Å²) in [5.74, 6) is 0.305. The molecule has 6 nitrogen and oxygen atoms in total. The Kier molecular flexibility index (Phi) is 7.76. The quantitative estimate of drug-likeness (QED) is 0.475. The summed E-state index contributed by atoms with van der Waals surface area (Å²) in [6.07, 6.45) is 0. The van der Waals surface area contributed by atoms with Gasteiger partial charge in [0.2, 0.25) is 5.91 Å². The Morgan fingerprint density at radius 2 is 1.45 bits per heavy atom. The van der Waals surface area contributed by atoms with E-state index in [2.05, 4.69) is 26.1 Å². The van der Waals surface area contributed by atoms with E-state index in [1.807, 2.05) is 24.3 Å². The molecule has 0 spiro atoms. The van der Waals surface area contributed by atoms with Crippen LogP contribution in [0.3, 0.4) is 0 Å². The number of ether oxygens (including phenoxy) is 1. The van der Waals surface area contributed by atoms with Crippen molar-refractivity contribution >= 4 is 21.6 Å². The van der Waals surface area contributed by atoms with Crippen LogP contribution < -0.4 is 14.4 Å². The summed E-state index contributed by atoms with van der Waals surface area (Å²) >= 11 is 0. The maximum absolute atomic E-state index is 13.2. The Morgan fingerprint density at radius 3 is 2.03 bits per heavy atom. The summed E-state index contributed by atoms with van der Waals surface area (Å²) in [5.41, 5.74) is 1.70. The maximum Gasteiger partial charge on any atom is 0.264 e. The fourth-order valence-corrected chi connectivity index (χ4v) is 4.67. The van der Waals surface area contributed by atoms with Crippen molar-refractivity contribution < 1.29 is 17.9 Å². The summed E-state index contributed by atoms with van der Waals surface area (Å²) in [6.45, 7) is 6.64. The highest BCUT2D eigenvalue weighted by Gasteiger charge is 2.26. The lowest BCUT2D eigenvalue weighted by Crippen LogP contribution is -2.41. The largest absolute Gasteiger partial charge is 0.492 e. The van der Waals surface area contributed by atoms with Crippen LogP contribution in [0.25, 0.3) is 0 Å². The Morgan fingerprint density at radius 1 is 0.879 bits per heavy atom. The molecule has 0 fully saturated rings. The first-order chi connectivity index (χ1) is 15.7.